The van der Waals surface area contributed by atoms with E-state index in [4.69, 9.17) is 5.11 Å². The maximum absolute atomic E-state index is 12.6. The summed E-state index contributed by atoms with van der Waals surface area (Å²) in [5, 5.41) is 8.03. The molecule has 0 heterocycles. The van der Waals surface area contributed by atoms with Gasteiger partial charge in [0.2, 0.25) is 0 Å². The summed E-state index contributed by atoms with van der Waals surface area (Å²) in [6.45, 7) is 2.49. The van der Waals surface area contributed by atoms with E-state index in [9.17, 15) is 26.7 Å². The third-order valence-corrected chi connectivity index (χ3v) is 1.56. The van der Waals surface area contributed by atoms with Crippen molar-refractivity contribution in [2.24, 2.45) is 0 Å². The Balaban J connectivity index is 5.14. The van der Waals surface area contributed by atoms with E-state index in [0.29, 0.717) is 0 Å². The number of rotatable bonds is 4. The predicted molar refractivity (Wildman–Crippen MR) is 37.2 cm³/mol. The zero-order valence-electron chi connectivity index (χ0n) is 7.03. The molecule has 0 fully saturated rings. The molecule has 0 saturated carbocycles. The lowest BCUT2D eigenvalue weighted by Crippen LogP contribution is -2.49. The average molecular weight is 218 g/mol. The summed E-state index contributed by atoms with van der Waals surface area (Å²) in [6.07, 6.45) is -3.17. The monoisotopic (exact) mass is 218 g/mol. The fourth-order valence-electron chi connectivity index (χ4n) is 0.585. The fourth-order valence-corrected chi connectivity index (χ4v) is 0.585. The SMILES string of the molecule is C=C(C(=O)O)C(F)(F)C(F)(F)C(C)F. The second kappa shape index (κ2) is 3.55. The van der Waals surface area contributed by atoms with Gasteiger partial charge in [0.1, 0.15) is 5.57 Å². The average Bonchev–Trinajstić information content (AvgIpc) is 2.01. The Hall–Kier alpha value is -1.14. The molecule has 82 valence electrons. The fraction of sp³-hybridized carbons (Fsp3) is 0.571. The largest absolute Gasteiger partial charge is 0.478 e. The van der Waals surface area contributed by atoms with E-state index in [-0.39, 0.29) is 6.92 Å². The maximum Gasteiger partial charge on any atom is 0.344 e. The molecular formula is C7H7F5O2. The number of aliphatic carboxylic acids is 1. The highest BCUT2D eigenvalue weighted by molar-refractivity contribution is 5.88. The molecule has 2 nitrogen and oxygen atoms in total. The number of carboxylic acids is 1. The van der Waals surface area contributed by atoms with E-state index < -0.39 is 29.6 Å². The van der Waals surface area contributed by atoms with Crippen LogP contribution in [0.3, 0.4) is 0 Å². The van der Waals surface area contributed by atoms with Gasteiger partial charge in [-0.1, -0.05) is 6.58 Å². The first kappa shape index (κ1) is 12.9. The van der Waals surface area contributed by atoms with Gasteiger partial charge in [0.05, 0.1) is 0 Å². The summed E-state index contributed by atoms with van der Waals surface area (Å²) in [7, 11) is 0. The number of hydrogen-bond donors (Lipinski definition) is 1. The third-order valence-electron chi connectivity index (χ3n) is 1.56. The number of alkyl halides is 5. The Morgan fingerprint density at radius 3 is 1.93 bits per heavy atom. The topological polar surface area (TPSA) is 37.3 Å². The van der Waals surface area contributed by atoms with Crippen molar-refractivity contribution >= 4 is 5.97 Å². The quantitative estimate of drug-likeness (QED) is 0.580. The van der Waals surface area contributed by atoms with Crippen molar-refractivity contribution in [3.8, 4) is 0 Å². The van der Waals surface area contributed by atoms with Crippen LogP contribution in [0.5, 0.6) is 0 Å². The first-order valence-electron chi connectivity index (χ1n) is 3.37. The Labute approximate surface area is 76.0 Å². The van der Waals surface area contributed by atoms with Gasteiger partial charge in [0, 0.05) is 0 Å². The normalized spacial score (nSPS) is 15.0. The van der Waals surface area contributed by atoms with Gasteiger partial charge >= 0.3 is 17.8 Å². The van der Waals surface area contributed by atoms with Gasteiger partial charge in [-0.05, 0) is 6.92 Å². The molecule has 1 N–H and O–H groups in total. The van der Waals surface area contributed by atoms with E-state index in [1.807, 2.05) is 0 Å². The molecule has 0 aromatic carbocycles. The van der Waals surface area contributed by atoms with Crippen LogP contribution in [0.25, 0.3) is 0 Å². The van der Waals surface area contributed by atoms with Crippen LogP contribution >= 0.6 is 0 Å². The van der Waals surface area contributed by atoms with Crippen molar-refractivity contribution in [1.29, 1.82) is 0 Å². The van der Waals surface area contributed by atoms with Crippen molar-refractivity contribution in [2.45, 2.75) is 24.9 Å². The minimum Gasteiger partial charge on any atom is -0.478 e. The van der Waals surface area contributed by atoms with Crippen LogP contribution in [-0.4, -0.2) is 29.1 Å². The predicted octanol–water partition coefficient (Wildman–Crippen LogP) is 2.26. The molecule has 0 aliphatic rings. The minimum atomic E-state index is -5.10. The van der Waals surface area contributed by atoms with Gasteiger partial charge in [-0.25, -0.2) is 9.18 Å². The molecular weight excluding hydrogens is 211 g/mol. The van der Waals surface area contributed by atoms with Crippen molar-refractivity contribution < 1.29 is 31.9 Å². The second-order valence-electron chi connectivity index (χ2n) is 2.60. The summed E-state index contributed by atoms with van der Waals surface area (Å²) in [5.74, 6) is -12.5. The summed E-state index contributed by atoms with van der Waals surface area (Å²) < 4.78 is 62.4. The highest BCUT2D eigenvalue weighted by Crippen LogP contribution is 2.42. The molecule has 0 aliphatic heterocycles. The van der Waals surface area contributed by atoms with Crippen molar-refractivity contribution in [1.82, 2.24) is 0 Å². The van der Waals surface area contributed by atoms with Crippen molar-refractivity contribution in [2.75, 3.05) is 0 Å². The van der Waals surface area contributed by atoms with Gasteiger partial charge < -0.3 is 5.11 Å². The molecule has 0 amide bonds. The van der Waals surface area contributed by atoms with Crippen LogP contribution in [-0.2, 0) is 4.79 Å². The van der Waals surface area contributed by atoms with Crippen LogP contribution < -0.4 is 0 Å². The molecule has 0 bridgehead atoms. The van der Waals surface area contributed by atoms with E-state index >= 15 is 0 Å². The summed E-state index contributed by atoms with van der Waals surface area (Å²) in [6, 6.07) is 0. The Morgan fingerprint density at radius 2 is 1.71 bits per heavy atom. The van der Waals surface area contributed by atoms with Gasteiger partial charge in [-0.15, -0.1) is 0 Å². The van der Waals surface area contributed by atoms with Crippen LogP contribution in [0.15, 0.2) is 12.2 Å². The van der Waals surface area contributed by atoms with Crippen molar-refractivity contribution in [3.63, 3.8) is 0 Å². The van der Waals surface area contributed by atoms with E-state index in [1.165, 1.54) is 0 Å². The first-order chi connectivity index (χ1) is 6.05. The van der Waals surface area contributed by atoms with Gasteiger partial charge in [-0.3, -0.25) is 0 Å². The van der Waals surface area contributed by atoms with E-state index in [1.54, 1.807) is 0 Å². The molecule has 0 aromatic rings. The van der Waals surface area contributed by atoms with Crippen LogP contribution in [0.2, 0.25) is 0 Å². The molecule has 1 unspecified atom stereocenters. The highest BCUT2D eigenvalue weighted by Gasteiger charge is 2.63. The van der Waals surface area contributed by atoms with Crippen molar-refractivity contribution in [3.05, 3.63) is 12.2 Å². The molecule has 0 saturated heterocycles. The number of carbonyl (C=O) groups is 1. The lowest BCUT2D eigenvalue weighted by molar-refractivity contribution is -0.217. The summed E-state index contributed by atoms with van der Waals surface area (Å²) in [5.41, 5.74) is -2.04. The standard InChI is InChI=1S/C7H7F5O2/c1-3(5(13)14)6(9,10)7(11,12)4(2)8/h4H,1H2,2H3,(H,13,14). The van der Waals surface area contributed by atoms with Gasteiger partial charge in [0.15, 0.2) is 6.17 Å². The number of hydrogen-bond acceptors (Lipinski definition) is 1. The van der Waals surface area contributed by atoms with Crippen LogP contribution in [0.1, 0.15) is 6.92 Å². The number of halogens is 5. The Kier molecular flexibility index (Phi) is 3.26. The van der Waals surface area contributed by atoms with Crippen LogP contribution in [0, 0.1) is 0 Å². The van der Waals surface area contributed by atoms with Gasteiger partial charge in [0.25, 0.3) is 0 Å². The lowest BCUT2D eigenvalue weighted by Gasteiger charge is -2.27. The summed E-state index contributed by atoms with van der Waals surface area (Å²) >= 11 is 0. The van der Waals surface area contributed by atoms with Gasteiger partial charge in [-0.2, -0.15) is 17.6 Å². The molecule has 0 radical (unpaired) electrons. The molecule has 0 spiro atoms. The minimum absolute atomic E-state index is 0.211. The molecule has 14 heavy (non-hydrogen) atoms. The zero-order valence-corrected chi connectivity index (χ0v) is 7.03. The third kappa shape index (κ3) is 1.85. The van der Waals surface area contributed by atoms with E-state index in [2.05, 4.69) is 6.58 Å². The smallest absolute Gasteiger partial charge is 0.344 e. The molecule has 0 rings (SSSR count). The molecule has 1 atom stereocenters. The van der Waals surface area contributed by atoms with E-state index in [0.717, 1.165) is 0 Å². The Bertz CT molecular complexity index is 259. The molecule has 7 heteroatoms. The maximum atomic E-state index is 12.6. The second-order valence-corrected chi connectivity index (χ2v) is 2.60. The Morgan fingerprint density at radius 1 is 1.36 bits per heavy atom. The number of carboxylic acid groups (broad SMARTS) is 1. The lowest BCUT2D eigenvalue weighted by atomic mass is 10.0. The zero-order chi connectivity index (χ0) is 11.7. The summed E-state index contributed by atoms with van der Waals surface area (Å²) in [4.78, 5) is 9.98. The first-order valence-corrected chi connectivity index (χ1v) is 3.37. The molecule has 0 aliphatic carbocycles. The van der Waals surface area contributed by atoms with Crippen LogP contribution in [0.4, 0.5) is 22.0 Å². The highest BCUT2D eigenvalue weighted by atomic mass is 19.3. The molecule has 0 aromatic heterocycles.